The van der Waals surface area contributed by atoms with Crippen molar-refractivity contribution in [2.24, 2.45) is 0 Å². The van der Waals surface area contributed by atoms with Gasteiger partial charge in [0.25, 0.3) is 0 Å². The Morgan fingerprint density at radius 1 is 1.11 bits per heavy atom. The van der Waals surface area contributed by atoms with E-state index in [2.05, 4.69) is 4.98 Å². The SMILES string of the molecule is Nc1nc(=O)c(F)cn1Cc1cc(F)c(F)c(F)c1. The second kappa shape index (κ2) is 4.71. The number of hydrogen-bond acceptors (Lipinski definition) is 3. The van der Waals surface area contributed by atoms with Gasteiger partial charge >= 0.3 is 5.56 Å². The smallest absolute Gasteiger partial charge is 0.310 e. The number of nitrogen functional groups attached to an aromatic ring is 1. The van der Waals surface area contributed by atoms with Crippen LogP contribution in [0.4, 0.5) is 23.5 Å². The van der Waals surface area contributed by atoms with Crippen molar-refractivity contribution >= 4 is 5.95 Å². The third kappa shape index (κ3) is 2.56. The summed E-state index contributed by atoms with van der Waals surface area (Å²) < 4.78 is 52.7. The summed E-state index contributed by atoms with van der Waals surface area (Å²) in [5.41, 5.74) is 4.24. The van der Waals surface area contributed by atoms with Gasteiger partial charge in [-0.2, -0.15) is 9.37 Å². The predicted octanol–water partition coefficient (Wildman–Crippen LogP) is 1.43. The molecule has 0 unspecified atom stereocenters. The van der Waals surface area contributed by atoms with Gasteiger partial charge in [-0.3, -0.25) is 4.79 Å². The van der Waals surface area contributed by atoms with E-state index in [0.29, 0.717) is 0 Å². The van der Waals surface area contributed by atoms with Gasteiger partial charge in [-0.1, -0.05) is 0 Å². The maximum atomic E-state index is 13.0. The maximum Gasteiger partial charge on any atom is 0.310 e. The van der Waals surface area contributed by atoms with Gasteiger partial charge in [-0.25, -0.2) is 13.2 Å². The Balaban J connectivity index is 2.42. The average molecular weight is 273 g/mol. The van der Waals surface area contributed by atoms with Crippen LogP contribution in [0.2, 0.25) is 0 Å². The van der Waals surface area contributed by atoms with Crippen LogP contribution in [0.15, 0.2) is 23.1 Å². The lowest BCUT2D eigenvalue weighted by atomic mass is 10.2. The molecular weight excluding hydrogens is 266 g/mol. The summed E-state index contributed by atoms with van der Waals surface area (Å²) >= 11 is 0. The van der Waals surface area contributed by atoms with E-state index in [1.54, 1.807) is 0 Å². The highest BCUT2D eigenvalue weighted by Gasteiger charge is 2.12. The van der Waals surface area contributed by atoms with Crippen molar-refractivity contribution < 1.29 is 17.6 Å². The van der Waals surface area contributed by atoms with Crippen molar-refractivity contribution in [3.63, 3.8) is 0 Å². The summed E-state index contributed by atoms with van der Waals surface area (Å²) in [5.74, 6) is -5.82. The molecule has 0 saturated carbocycles. The molecule has 0 bridgehead atoms. The highest BCUT2D eigenvalue weighted by Crippen LogP contribution is 2.15. The first-order valence-corrected chi connectivity index (χ1v) is 5.04. The summed E-state index contributed by atoms with van der Waals surface area (Å²) in [4.78, 5) is 14.0. The number of aromatic nitrogens is 2. The lowest BCUT2D eigenvalue weighted by molar-refractivity contribution is 0.444. The summed E-state index contributed by atoms with van der Waals surface area (Å²) in [6.45, 7) is -0.260. The van der Waals surface area contributed by atoms with Crippen LogP contribution < -0.4 is 11.3 Å². The quantitative estimate of drug-likeness (QED) is 0.665. The average Bonchev–Trinajstić information content (AvgIpc) is 2.33. The molecule has 4 nitrogen and oxygen atoms in total. The maximum absolute atomic E-state index is 13.0. The molecule has 0 aliphatic rings. The van der Waals surface area contributed by atoms with Crippen LogP contribution in [-0.4, -0.2) is 9.55 Å². The Bertz CT molecular complexity index is 676. The highest BCUT2D eigenvalue weighted by atomic mass is 19.2. The third-order valence-electron chi connectivity index (χ3n) is 2.38. The first-order chi connectivity index (χ1) is 8.88. The Labute approximate surface area is 104 Å². The first-order valence-electron chi connectivity index (χ1n) is 5.04. The van der Waals surface area contributed by atoms with Crippen molar-refractivity contribution in [2.75, 3.05) is 5.73 Å². The molecule has 0 aliphatic heterocycles. The number of hydrogen-bond donors (Lipinski definition) is 1. The number of benzene rings is 1. The van der Waals surface area contributed by atoms with Crippen molar-refractivity contribution in [3.05, 3.63) is 57.5 Å². The molecule has 0 aliphatic carbocycles. The van der Waals surface area contributed by atoms with Crippen LogP contribution in [0.1, 0.15) is 5.56 Å². The van der Waals surface area contributed by atoms with Crippen molar-refractivity contribution in [1.82, 2.24) is 9.55 Å². The molecule has 1 heterocycles. The largest absolute Gasteiger partial charge is 0.369 e. The van der Waals surface area contributed by atoms with Gasteiger partial charge < -0.3 is 10.3 Å². The minimum absolute atomic E-state index is 0.00736. The van der Waals surface area contributed by atoms with E-state index in [4.69, 9.17) is 5.73 Å². The van der Waals surface area contributed by atoms with E-state index in [0.717, 1.165) is 22.9 Å². The zero-order valence-electron chi connectivity index (χ0n) is 9.33. The Hall–Kier alpha value is -2.38. The first kappa shape index (κ1) is 13.1. The number of nitrogens with zero attached hydrogens (tertiary/aromatic N) is 2. The zero-order valence-corrected chi connectivity index (χ0v) is 9.33. The fourth-order valence-corrected chi connectivity index (χ4v) is 1.50. The van der Waals surface area contributed by atoms with Gasteiger partial charge in [-0.05, 0) is 17.7 Å². The molecule has 8 heteroatoms. The molecule has 0 amide bonds. The number of rotatable bonds is 2. The highest BCUT2D eigenvalue weighted by molar-refractivity contribution is 5.24. The fourth-order valence-electron chi connectivity index (χ4n) is 1.50. The fraction of sp³-hybridized carbons (Fsp3) is 0.0909. The second-order valence-corrected chi connectivity index (χ2v) is 3.75. The van der Waals surface area contributed by atoms with Gasteiger partial charge in [0.05, 0.1) is 6.54 Å². The minimum Gasteiger partial charge on any atom is -0.369 e. The van der Waals surface area contributed by atoms with Gasteiger partial charge in [-0.15, -0.1) is 0 Å². The number of halogens is 4. The second-order valence-electron chi connectivity index (χ2n) is 3.75. The molecule has 2 rings (SSSR count). The van der Waals surface area contributed by atoms with Crippen LogP contribution in [0.25, 0.3) is 0 Å². The monoisotopic (exact) mass is 273 g/mol. The molecule has 0 saturated heterocycles. The molecule has 19 heavy (non-hydrogen) atoms. The zero-order chi connectivity index (χ0) is 14.2. The van der Waals surface area contributed by atoms with E-state index in [-0.39, 0.29) is 18.1 Å². The van der Waals surface area contributed by atoms with E-state index >= 15 is 0 Å². The molecule has 0 radical (unpaired) electrons. The molecule has 2 aromatic rings. The number of nitrogens with two attached hydrogens (primary N) is 1. The molecule has 0 fully saturated rings. The Morgan fingerprint density at radius 2 is 1.68 bits per heavy atom. The topological polar surface area (TPSA) is 60.9 Å². The van der Waals surface area contributed by atoms with Gasteiger partial charge in [0, 0.05) is 6.20 Å². The molecule has 0 atom stereocenters. The molecular formula is C11H7F4N3O. The lowest BCUT2D eigenvalue weighted by Crippen LogP contribution is -2.20. The molecule has 0 spiro atoms. The standard InChI is InChI=1S/C11H7F4N3O/c12-6-1-5(2-7(13)9(6)15)3-18-4-8(14)10(19)17-11(18)16/h1-2,4H,3H2,(H2,16,17,19). The lowest BCUT2D eigenvalue weighted by Gasteiger charge is -2.09. The van der Waals surface area contributed by atoms with E-state index in [1.807, 2.05) is 0 Å². The minimum atomic E-state index is -1.60. The van der Waals surface area contributed by atoms with Crippen LogP contribution in [0, 0.1) is 23.3 Å². The van der Waals surface area contributed by atoms with E-state index in [1.165, 1.54) is 0 Å². The molecule has 1 aromatic carbocycles. The van der Waals surface area contributed by atoms with Crippen LogP contribution in [0.3, 0.4) is 0 Å². The van der Waals surface area contributed by atoms with Crippen molar-refractivity contribution in [1.29, 1.82) is 0 Å². The van der Waals surface area contributed by atoms with Crippen LogP contribution in [0.5, 0.6) is 0 Å². The predicted molar refractivity (Wildman–Crippen MR) is 58.3 cm³/mol. The summed E-state index contributed by atoms with van der Waals surface area (Å²) in [6, 6.07) is 1.49. The molecule has 1 aromatic heterocycles. The normalized spacial score (nSPS) is 10.7. The summed E-state index contributed by atoms with van der Waals surface area (Å²) in [6.07, 6.45) is 0.754. The van der Waals surface area contributed by atoms with Crippen molar-refractivity contribution in [2.45, 2.75) is 6.54 Å². The molecule has 2 N–H and O–H groups in total. The van der Waals surface area contributed by atoms with Crippen molar-refractivity contribution in [3.8, 4) is 0 Å². The van der Waals surface area contributed by atoms with Crippen LogP contribution in [-0.2, 0) is 6.54 Å². The van der Waals surface area contributed by atoms with E-state index in [9.17, 15) is 22.4 Å². The summed E-state index contributed by atoms with van der Waals surface area (Å²) in [5, 5.41) is 0. The van der Waals surface area contributed by atoms with Gasteiger partial charge in [0.1, 0.15) is 0 Å². The van der Waals surface area contributed by atoms with E-state index < -0.39 is 28.8 Å². The Kier molecular flexibility index (Phi) is 3.24. The summed E-state index contributed by atoms with van der Waals surface area (Å²) in [7, 11) is 0. The number of anilines is 1. The van der Waals surface area contributed by atoms with Gasteiger partial charge in [0.2, 0.25) is 11.8 Å². The van der Waals surface area contributed by atoms with Crippen LogP contribution >= 0.6 is 0 Å². The third-order valence-corrected chi connectivity index (χ3v) is 2.38. The van der Waals surface area contributed by atoms with Gasteiger partial charge in [0.15, 0.2) is 17.5 Å². The Morgan fingerprint density at radius 3 is 2.26 bits per heavy atom. The molecule has 100 valence electrons.